The maximum Gasteiger partial charge on any atom is 0.490 e. The molecule has 0 aromatic heterocycles. The molecule has 1 aliphatic heterocycles. The number of esters is 2. The van der Waals surface area contributed by atoms with Gasteiger partial charge in [-0.25, -0.2) is 4.79 Å². The van der Waals surface area contributed by atoms with Crippen molar-refractivity contribution in [2.75, 3.05) is 6.61 Å². The molecule has 0 aromatic rings. The molecule has 10 atom stereocenters. The second-order valence-corrected chi connectivity index (χ2v) is 13.9. The Morgan fingerprint density at radius 3 is 2.46 bits per heavy atom. The van der Waals surface area contributed by atoms with Gasteiger partial charge in [0.15, 0.2) is 0 Å². The molecule has 0 radical (unpaired) electrons. The van der Waals surface area contributed by atoms with Crippen molar-refractivity contribution in [3.63, 3.8) is 0 Å². The van der Waals surface area contributed by atoms with E-state index in [1.54, 1.807) is 0 Å². The van der Waals surface area contributed by atoms with Crippen molar-refractivity contribution in [1.82, 2.24) is 0 Å². The zero-order valence-electron chi connectivity index (χ0n) is 24.1. The van der Waals surface area contributed by atoms with Crippen LogP contribution in [0.15, 0.2) is 11.3 Å². The Kier molecular flexibility index (Phi) is 7.58. The van der Waals surface area contributed by atoms with Gasteiger partial charge in [0.2, 0.25) is 0 Å². The Morgan fingerprint density at radius 1 is 1.05 bits per heavy atom. The monoisotopic (exact) mass is 554 g/mol. The van der Waals surface area contributed by atoms with Crippen LogP contribution in [0, 0.1) is 46.3 Å². The summed E-state index contributed by atoms with van der Waals surface area (Å²) in [6.45, 7) is 10.3. The number of hydrogen-bond donors (Lipinski definition) is 0. The third-order valence-corrected chi connectivity index (χ3v) is 11.8. The van der Waals surface area contributed by atoms with E-state index < -0.39 is 12.1 Å². The van der Waals surface area contributed by atoms with E-state index in [1.807, 2.05) is 6.92 Å². The van der Waals surface area contributed by atoms with Crippen LogP contribution in [0.3, 0.4) is 0 Å². The quantitative estimate of drug-likeness (QED) is 0.321. The standard InChI is InChI=1S/C31H45F3O5/c1-17(16-37-28(36)31(32,33)34)6-9-25-18(2)27-26(39-25)15-24-22-8-7-20-14-21(38-19(3)35)10-12-29(20,4)23(22)11-13-30(24,27)5/h17,20-24,26-27H,6-16H2,1-5H3/t17-,20+,21-,22+,23-,24-,26-,27-,29-,30-/m0/s1. The molecule has 5 nitrogen and oxygen atoms in total. The van der Waals surface area contributed by atoms with Crippen LogP contribution in [-0.4, -0.2) is 36.9 Å². The fourth-order valence-electron chi connectivity index (χ4n) is 9.90. The minimum absolute atomic E-state index is 0.0795. The van der Waals surface area contributed by atoms with Gasteiger partial charge >= 0.3 is 18.1 Å². The first kappa shape index (κ1) is 28.8. The zero-order chi connectivity index (χ0) is 28.3. The summed E-state index contributed by atoms with van der Waals surface area (Å²) < 4.78 is 54.0. The molecule has 4 fully saturated rings. The van der Waals surface area contributed by atoms with Gasteiger partial charge in [0.25, 0.3) is 0 Å². The minimum Gasteiger partial charge on any atom is -0.494 e. The Bertz CT molecular complexity index is 1010. The topological polar surface area (TPSA) is 61.8 Å². The summed E-state index contributed by atoms with van der Waals surface area (Å²) >= 11 is 0. The molecule has 0 amide bonds. The number of hydrogen-bond acceptors (Lipinski definition) is 5. The van der Waals surface area contributed by atoms with Crippen molar-refractivity contribution in [3.8, 4) is 0 Å². The Balaban J connectivity index is 1.22. The summed E-state index contributed by atoms with van der Waals surface area (Å²) in [6, 6.07) is 0. The summed E-state index contributed by atoms with van der Waals surface area (Å²) in [5.74, 6) is 1.65. The van der Waals surface area contributed by atoms with E-state index in [0.29, 0.717) is 41.9 Å². The van der Waals surface area contributed by atoms with Gasteiger partial charge in [-0.1, -0.05) is 20.8 Å². The molecule has 4 aliphatic carbocycles. The van der Waals surface area contributed by atoms with Crippen LogP contribution in [0.2, 0.25) is 0 Å². The maximum atomic E-state index is 12.4. The SMILES string of the molecule is CC(=O)O[C@H]1CC[C@@]2(C)[C@H](CC[C@@H]3[C@@H]2CC[C@@]2(C)[C@H]3C[C@@H]3OC(CC[C@H](C)COC(=O)C(F)(F)F)=C(C)[C@@H]32)C1. The first-order valence-electron chi connectivity index (χ1n) is 15.0. The third kappa shape index (κ3) is 5.11. The molecule has 1 heterocycles. The molecule has 0 bridgehead atoms. The van der Waals surface area contributed by atoms with Gasteiger partial charge < -0.3 is 14.2 Å². The average Bonchev–Trinajstić information content (AvgIpc) is 3.33. The smallest absolute Gasteiger partial charge is 0.490 e. The lowest BCUT2D eigenvalue weighted by Gasteiger charge is -2.61. The Labute approximate surface area is 230 Å². The van der Waals surface area contributed by atoms with Crippen LogP contribution in [0.1, 0.15) is 98.8 Å². The van der Waals surface area contributed by atoms with Gasteiger partial charge in [-0.05, 0) is 111 Å². The molecule has 5 aliphatic rings. The lowest BCUT2D eigenvalue weighted by Crippen LogP contribution is -2.54. The van der Waals surface area contributed by atoms with E-state index in [4.69, 9.17) is 9.47 Å². The van der Waals surface area contributed by atoms with E-state index in [0.717, 1.165) is 37.4 Å². The van der Waals surface area contributed by atoms with Crippen molar-refractivity contribution in [1.29, 1.82) is 0 Å². The fraction of sp³-hybridized carbons (Fsp3) is 0.871. The number of ether oxygens (including phenoxy) is 3. The summed E-state index contributed by atoms with van der Waals surface area (Å²) in [5.41, 5.74) is 1.86. The predicted molar refractivity (Wildman–Crippen MR) is 139 cm³/mol. The van der Waals surface area contributed by atoms with Gasteiger partial charge in [-0.15, -0.1) is 0 Å². The lowest BCUT2D eigenvalue weighted by molar-refractivity contribution is -0.200. The second kappa shape index (κ2) is 10.3. The van der Waals surface area contributed by atoms with Gasteiger partial charge in [-0.3, -0.25) is 4.79 Å². The number of rotatable bonds is 6. The number of carbonyl (C=O) groups excluding carboxylic acids is 2. The van der Waals surface area contributed by atoms with Gasteiger partial charge in [0.05, 0.1) is 12.4 Å². The van der Waals surface area contributed by atoms with Crippen LogP contribution in [0.25, 0.3) is 0 Å². The van der Waals surface area contributed by atoms with E-state index in [2.05, 4.69) is 25.5 Å². The van der Waals surface area contributed by atoms with Gasteiger partial charge in [-0.2, -0.15) is 13.2 Å². The molecular weight excluding hydrogens is 509 g/mol. The molecule has 39 heavy (non-hydrogen) atoms. The van der Waals surface area contributed by atoms with E-state index in [-0.39, 0.29) is 36.1 Å². The summed E-state index contributed by atoms with van der Waals surface area (Å²) in [5, 5.41) is 0. The highest BCUT2D eigenvalue weighted by Gasteiger charge is 2.64. The van der Waals surface area contributed by atoms with Crippen LogP contribution < -0.4 is 0 Å². The van der Waals surface area contributed by atoms with Crippen LogP contribution in [-0.2, 0) is 23.8 Å². The summed E-state index contributed by atoms with van der Waals surface area (Å²) in [4.78, 5) is 22.6. The van der Waals surface area contributed by atoms with Crippen molar-refractivity contribution in [3.05, 3.63) is 11.3 Å². The summed E-state index contributed by atoms with van der Waals surface area (Å²) in [6.07, 6.45) is 5.74. The minimum atomic E-state index is -4.95. The molecular formula is C31H45F3O5. The molecule has 0 saturated heterocycles. The second-order valence-electron chi connectivity index (χ2n) is 13.9. The maximum absolute atomic E-state index is 12.4. The van der Waals surface area contributed by atoms with E-state index in [1.165, 1.54) is 38.2 Å². The predicted octanol–water partition coefficient (Wildman–Crippen LogP) is 7.38. The molecule has 5 rings (SSSR count). The molecule has 220 valence electrons. The molecule has 8 heteroatoms. The van der Waals surface area contributed by atoms with E-state index in [9.17, 15) is 22.8 Å². The van der Waals surface area contributed by atoms with Crippen molar-refractivity contribution in [2.45, 2.75) is 117 Å². The van der Waals surface area contributed by atoms with Crippen LogP contribution >= 0.6 is 0 Å². The van der Waals surface area contributed by atoms with Crippen molar-refractivity contribution < 1.29 is 37.0 Å². The van der Waals surface area contributed by atoms with Gasteiger partial charge in [0, 0.05) is 19.3 Å². The highest BCUT2D eigenvalue weighted by Crippen LogP contribution is 2.69. The number of fused-ring (bicyclic) bond motifs is 7. The zero-order valence-corrected chi connectivity index (χ0v) is 24.1. The van der Waals surface area contributed by atoms with Crippen molar-refractivity contribution >= 4 is 11.9 Å². The largest absolute Gasteiger partial charge is 0.494 e. The molecule has 4 saturated carbocycles. The van der Waals surface area contributed by atoms with Crippen molar-refractivity contribution in [2.24, 2.45) is 46.3 Å². The van der Waals surface area contributed by atoms with E-state index >= 15 is 0 Å². The fourth-order valence-corrected chi connectivity index (χ4v) is 9.90. The van der Waals surface area contributed by atoms with Gasteiger partial charge in [0.1, 0.15) is 12.2 Å². The molecule has 0 N–H and O–H groups in total. The number of halogens is 3. The van der Waals surface area contributed by atoms with Crippen LogP contribution in [0.4, 0.5) is 13.2 Å². The highest BCUT2D eigenvalue weighted by atomic mass is 19.4. The molecule has 0 aromatic carbocycles. The Hall–Kier alpha value is -1.73. The van der Waals surface area contributed by atoms with Crippen LogP contribution in [0.5, 0.6) is 0 Å². The summed E-state index contributed by atoms with van der Waals surface area (Å²) in [7, 11) is 0. The number of allylic oxidation sites excluding steroid dienone is 1. The lowest BCUT2D eigenvalue weighted by atomic mass is 9.44. The number of alkyl halides is 3. The average molecular weight is 555 g/mol. The first-order chi connectivity index (χ1) is 18.2. The number of carbonyl (C=O) groups is 2. The Morgan fingerprint density at radius 2 is 1.77 bits per heavy atom. The molecule has 0 spiro atoms. The third-order valence-electron chi connectivity index (χ3n) is 11.8. The first-order valence-corrected chi connectivity index (χ1v) is 15.0. The molecule has 0 unspecified atom stereocenters. The highest BCUT2D eigenvalue weighted by molar-refractivity contribution is 5.75. The normalized spacial score (nSPS) is 42.0.